The van der Waals surface area contributed by atoms with Gasteiger partial charge >= 0.3 is 5.97 Å². The topological polar surface area (TPSA) is 214 Å². The summed E-state index contributed by atoms with van der Waals surface area (Å²) in [5, 5.41) is 25.5. The lowest BCUT2D eigenvalue weighted by Gasteiger charge is -2.25. The van der Waals surface area contributed by atoms with Gasteiger partial charge in [-0.25, -0.2) is 4.79 Å². The first-order valence-corrected chi connectivity index (χ1v) is 10.4. The Labute approximate surface area is 191 Å². The van der Waals surface area contributed by atoms with Gasteiger partial charge in [0.05, 0.1) is 19.0 Å². The summed E-state index contributed by atoms with van der Waals surface area (Å²) < 4.78 is 0. The van der Waals surface area contributed by atoms with Crippen LogP contribution in [0.1, 0.15) is 32.3 Å². The van der Waals surface area contributed by atoms with Crippen LogP contribution in [0.5, 0.6) is 5.75 Å². The monoisotopic (exact) mass is 465 g/mol. The zero-order chi connectivity index (χ0) is 25.1. The van der Waals surface area contributed by atoms with Crippen LogP contribution in [0.2, 0.25) is 0 Å². The second-order valence-corrected chi connectivity index (χ2v) is 7.70. The molecule has 4 atom stereocenters. The second-order valence-electron chi connectivity index (χ2n) is 7.70. The number of carboxylic acids is 1. The summed E-state index contributed by atoms with van der Waals surface area (Å²) in [5.74, 6) is -4.69. The van der Waals surface area contributed by atoms with Crippen LogP contribution in [0.4, 0.5) is 0 Å². The van der Waals surface area contributed by atoms with Crippen molar-refractivity contribution >= 4 is 29.6 Å². The van der Waals surface area contributed by atoms with Gasteiger partial charge < -0.3 is 37.6 Å². The van der Waals surface area contributed by atoms with E-state index in [0.29, 0.717) is 6.42 Å². The molecule has 33 heavy (non-hydrogen) atoms. The molecule has 0 fully saturated rings. The fourth-order valence-corrected chi connectivity index (χ4v) is 2.87. The third kappa shape index (κ3) is 9.56. The maximum absolute atomic E-state index is 12.6. The minimum Gasteiger partial charge on any atom is -0.508 e. The van der Waals surface area contributed by atoms with Crippen molar-refractivity contribution in [3.8, 4) is 5.75 Å². The fourth-order valence-electron chi connectivity index (χ4n) is 2.87. The smallest absolute Gasteiger partial charge is 0.326 e. The van der Waals surface area contributed by atoms with Gasteiger partial charge in [0.1, 0.15) is 17.8 Å². The van der Waals surface area contributed by atoms with Gasteiger partial charge in [-0.3, -0.25) is 19.2 Å². The summed E-state index contributed by atoms with van der Waals surface area (Å²) in [6, 6.07) is 2.59. The predicted molar refractivity (Wildman–Crippen MR) is 118 cm³/mol. The number of hydrogen-bond acceptors (Lipinski definition) is 7. The van der Waals surface area contributed by atoms with Gasteiger partial charge in [-0.2, -0.15) is 0 Å². The number of rotatable bonds is 13. The van der Waals surface area contributed by atoms with E-state index in [2.05, 4.69) is 16.0 Å². The van der Waals surface area contributed by atoms with Gasteiger partial charge in [0.25, 0.3) is 0 Å². The Morgan fingerprint density at radius 3 is 2.15 bits per heavy atom. The summed E-state index contributed by atoms with van der Waals surface area (Å²) in [5.41, 5.74) is 11.6. The summed E-state index contributed by atoms with van der Waals surface area (Å²) in [7, 11) is 0. The molecule has 1 rings (SSSR count). The first-order chi connectivity index (χ1) is 15.4. The van der Waals surface area contributed by atoms with Crippen molar-refractivity contribution in [3.05, 3.63) is 29.8 Å². The molecule has 0 aliphatic heterocycles. The number of aromatic hydroxyl groups is 1. The second kappa shape index (κ2) is 13.0. The van der Waals surface area contributed by atoms with E-state index in [0.717, 1.165) is 5.56 Å². The van der Waals surface area contributed by atoms with Crippen LogP contribution < -0.4 is 27.4 Å². The van der Waals surface area contributed by atoms with Gasteiger partial charge in [-0.05, 0) is 30.0 Å². The number of phenols is 1. The van der Waals surface area contributed by atoms with Crippen molar-refractivity contribution in [2.45, 2.75) is 51.2 Å². The van der Waals surface area contributed by atoms with E-state index in [1.165, 1.54) is 12.1 Å². The molecule has 4 amide bonds. The molecule has 0 aliphatic rings. The molecule has 12 heteroatoms. The summed E-state index contributed by atoms with van der Waals surface area (Å²) in [4.78, 5) is 59.4. The maximum atomic E-state index is 12.6. The molecule has 0 saturated heterocycles. The van der Waals surface area contributed by atoms with E-state index in [4.69, 9.17) is 16.6 Å². The number of nitrogens with one attached hydrogen (secondary N) is 3. The first kappa shape index (κ1) is 27.4. The Balaban J connectivity index is 2.67. The number of carbonyl (C=O) groups excluding carboxylic acids is 4. The summed E-state index contributed by atoms with van der Waals surface area (Å²) in [6.45, 7) is 3.01. The third-order valence-corrected chi connectivity index (χ3v) is 4.98. The average molecular weight is 466 g/mol. The number of phenolic OH excluding ortho intramolecular Hbond substituents is 1. The predicted octanol–water partition coefficient (Wildman–Crippen LogP) is -1.65. The van der Waals surface area contributed by atoms with Gasteiger partial charge in [0, 0.05) is 0 Å². The number of hydrogen-bond donors (Lipinski definition) is 7. The Bertz CT molecular complexity index is 859. The van der Waals surface area contributed by atoms with Crippen molar-refractivity contribution in [3.63, 3.8) is 0 Å². The van der Waals surface area contributed by atoms with Gasteiger partial charge in [-0.15, -0.1) is 0 Å². The third-order valence-electron chi connectivity index (χ3n) is 4.98. The Hall–Kier alpha value is -3.67. The molecule has 9 N–H and O–H groups in total. The molecular weight excluding hydrogens is 434 g/mol. The molecule has 0 aliphatic carbocycles. The lowest BCUT2D eigenvalue weighted by Crippen LogP contribution is -2.56. The molecular formula is C21H31N5O7. The molecule has 1 aromatic rings. The van der Waals surface area contributed by atoms with E-state index >= 15 is 0 Å². The number of nitrogens with two attached hydrogens (primary N) is 2. The van der Waals surface area contributed by atoms with Gasteiger partial charge in [0.2, 0.25) is 23.6 Å². The summed E-state index contributed by atoms with van der Waals surface area (Å²) in [6.07, 6.45) is 0.0646. The maximum Gasteiger partial charge on any atom is 0.326 e. The van der Waals surface area contributed by atoms with Crippen LogP contribution in [0.3, 0.4) is 0 Å². The minimum atomic E-state index is -1.53. The largest absolute Gasteiger partial charge is 0.508 e. The van der Waals surface area contributed by atoms with E-state index in [1.807, 2.05) is 0 Å². The molecule has 0 bridgehead atoms. The van der Waals surface area contributed by atoms with Crippen molar-refractivity contribution in [2.24, 2.45) is 17.4 Å². The summed E-state index contributed by atoms with van der Waals surface area (Å²) >= 11 is 0. The first-order valence-electron chi connectivity index (χ1n) is 10.4. The van der Waals surface area contributed by atoms with E-state index < -0.39 is 60.7 Å². The lowest BCUT2D eigenvalue weighted by molar-refractivity contribution is -0.144. The van der Waals surface area contributed by atoms with Crippen molar-refractivity contribution in [1.82, 2.24) is 16.0 Å². The van der Waals surface area contributed by atoms with Crippen LogP contribution in [0, 0.1) is 5.92 Å². The number of primary amides is 1. The quantitative estimate of drug-likeness (QED) is 0.179. The van der Waals surface area contributed by atoms with Crippen LogP contribution in [0.15, 0.2) is 24.3 Å². The van der Waals surface area contributed by atoms with Crippen molar-refractivity contribution in [1.29, 1.82) is 0 Å². The molecule has 0 saturated carbocycles. The zero-order valence-corrected chi connectivity index (χ0v) is 18.5. The molecule has 12 nitrogen and oxygen atoms in total. The van der Waals surface area contributed by atoms with Crippen LogP contribution in [-0.2, 0) is 30.4 Å². The lowest BCUT2D eigenvalue weighted by atomic mass is 9.97. The standard InChI is InChI=1S/C21H31N5O7/c1-3-11(2)18(20(31)25-15(21(32)33)9-16(23)28)26-17(29)10-24-19(30)14(22)8-12-4-6-13(27)7-5-12/h4-7,11,14-15,18,27H,3,8-10,22H2,1-2H3,(H2,23,28)(H,24,30)(H,25,31)(H,26,29)(H,32,33)/t11-,14-,15-,18-/m0/s1. The number of carboxylic acid groups (broad SMARTS) is 1. The number of benzene rings is 1. The van der Waals surface area contributed by atoms with E-state index in [-0.39, 0.29) is 18.1 Å². The molecule has 0 radical (unpaired) electrons. The minimum absolute atomic E-state index is 0.0812. The molecule has 0 spiro atoms. The number of aliphatic carboxylic acids is 1. The Morgan fingerprint density at radius 1 is 1.03 bits per heavy atom. The van der Waals surface area contributed by atoms with Gasteiger partial charge in [-0.1, -0.05) is 32.4 Å². The average Bonchev–Trinajstić information content (AvgIpc) is 2.75. The highest BCUT2D eigenvalue weighted by atomic mass is 16.4. The van der Waals surface area contributed by atoms with Crippen LogP contribution in [-0.4, -0.2) is 64.5 Å². The highest BCUT2D eigenvalue weighted by Gasteiger charge is 2.30. The van der Waals surface area contributed by atoms with E-state index in [1.54, 1.807) is 26.0 Å². The highest BCUT2D eigenvalue weighted by molar-refractivity contribution is 5.93. The number of amides is 4. The Kier molecular flexibility index (Phi) is 10.8. The number of carbonyl (C=O) groups is 5. The van der Waals surface area contributed by atoms with Crippen molar-refractivity contribution in [2.75, 3.05) is 6.54 Å². The molecule has 0 heterocycles. The van der Waals surface area contributed by atoms with Crippen LogP contribution >= 0.6 is 0 Å². The Morgan fingerprint density at radius 2 is 1.64 bits per heavy atom. The molecule has 182 valence electrons. The normalized spacial score (nSPS) is 14.3. The van der Waals surface area contributed by atoms with Gasteiger partial charge in [0.15, 0.2) is 0 Å². The fraction of sp³-hybridized carbons (Fsp3) is 0.476. The van der Waals surface area contributed by atoms with E-state index in [9.17, 15) is 29.1 Å². The van der Waals surface area contributed by atoms with Crippen LogP contribution in [0.25, 0.3) is 0 Å². The zero-order valence-electron chi connectivity index (χ0n) is 18.5. The molecule has 0 aromatic heterocycles. The molecule has 0 unspecified atom stereocenters. The van der Waals surface area contributed by atoms with Crippen molar-refractivity contribution < 1.29 is 34.2 Å². The molecule has 1 aromatic carbocycles. The SMILES string of the molecule is CC[C@H](C)[C@H](NC(=O)CNC(=O)[C@@H](N)Cc1ccc(O)cc1)C(=O)N[C@@H](CC(N)=O)C(=O)O. The highest BCUT2D eigenvalue weighted by Crippen LogP contribution is 2.11.